The van der Waals surface area contributed by atoms with Gasteiger partial charge in [-0.05, 0) is 44.2 Å². The number of hydrogen-bond acceptors (Lipinski definition) is 3. The van der Waals surface area contributed by atoms with E-state index < -0.39 is 11.8 Å². The van der Waals surface area contributed by atoms with Crippen LogP contribution in [0.1, 0.15) is 19.4 Å². The molecule has 8 heteroatoms. The second kappa shape index (κ2) is 11.6. The van der Waals surface area contributed by atoms with E-state index in [1.54, 1.807) is 30.9 Å². The Kier molecular flexibility index (Phi) is 11.1. The summed E-state index contributed by atoms with van der Waals surface area (Å²) in [6.07, 6.45) is 2.51. The molecule has 1 atom stereocenters. The highest BCUT2D eigenvalue weighted by atomic mass is 127. The molecule has 1 aromatic rings. The van der Waals surface area contributed by atoms with Crippen LogP contribution in [0.3, 0.4) is 0 Å². The van der Waals surface area contributed by atoms with Gasteiger partial charge in [0.25, 0.3) is 0 Å². The lowest BCUT2D eigenvalue weighted by molar-refractivity contribution is -0.121. The number of benzene rings is 1. The first-order valence-electron chi connectivity index (χ1n) is 7.81. The maximum absolute atomic E-state index is 13.0. The van der Waals surface area contributed by atoms with E-state index in [1.807, 2.05) is 0 Å². The lowest BCUT2D eigenvalue weighted by Crippen LogP contribution is -2.46. The van der Waals surface area contributed by atoms with Gasteiger partial charge >= 0.3 is 0 Å². The smallest absolute Gasteiger partial charge is 0.222 e. The third kappa shape index (κ3) is 9.29. The van der Waals surface area contributed by atoms with E-state index in [1.165, 1.54) is 12.1 Å². The van der Waals surface area contributed by atoms with Gasteiger partial charge in [0, 0.05) is 24.9 Å². The van der Waals surface area contributed by atoms with Gasteiger partial charge < -0.3 is 16.4 Å². The molecule has 0 aliphatic rings. The minimum atomic E-state index is -0.400. The second-order valence-corrected chi connectivity index (χ2v) is 7.71. The lowest BCUT2D eigenvalue weighted by atomic mass is 9.98. The van der Waals surface area contributed by atoms with Crippen LogP contribution in [0.15, 0.2) is 29.3 Å². The number of guanidine groups is 1. The number of nitrogens with one attached hydrogen (secondary N) is 2. The standard InChI is InChI=1S/C17H27FN4OS.HI/c1-17(2,24-4)11-22-16(20-3)21-10-13(15(19)23)9-12-5-7-14(18)8-6-12;/h5-8,13H,9-11H2,1-4H3,(H2,19,23)(H2,20,21,22);1H. The van der Waals surface area contributed by atoms with Crippen LogP contribution < -0.4 is 16.4 Å². The van der Waals surface area contributed by atoms with E-state index in [0.717, 1.165) is 12.1 Å². The fourth-order valence-electron chi connectivity index (χ4n) is 1.99. The number of nitrogens with two attached hydrogens (primary N) is 1. The number of primary amides is 1. The molecule has 0 aromatic heterocycles. The van der Waals surface area contributed by atoms with Gasteiger partial charge in [-0.25, -0.2) is 4.39 Å². The normalized spacial score (nSPS) is 12.9. The third-order valence-electron chi connectivity index (χ3n) is 3.77. The highest BCUT2D eigenvalue weighted by Gasteiger charge is 2.19. The van der Waals surface area contributed by atoms with Crippen molar-refractivity contribution in [3.63, 3.8) is 0 Å². The van der Waals surface area contributed by atoms with E-state index in [-0.39, 0.29) is 34.5 Å². The summed E-state index contributed by atoms with van der Waals surface area (Å²) in [5.41, 5.74) is 6.36. The molecule has 0 aliphatic carbocycles. The monoisotopic (exact) mass is 482 g/mol. The van der Waals surface area contributed by atoms with E-state index >= 15 is 0 Å². The zero-order chi connectivity index (χ0) is 18.2. The number of aliphatic imine (C=N–C) groups is 1. The summed E-state index contributed by atoms with van der Waals surface area (Å²) in [7, 11) is 1.68. The molecule has 1 rings (SSSR count). The molecule has 4 N–H and O–H groups in total. The van der Waals surface area contributed by atoms with Gasteiger partial charge in [-0.15, -0.1) is 24.0 Å². The molecule has 0 saturated carbocycles. The maximum atomic E-state index is 13.0. The van der Waals surface area contributed by atoms with Crippen molar-refractivity contribution in [2.24, 2.45) is 16.6 Å². The maximum Gasteiger partial charge on any atom is 0.222 e. The molecular formula is C17H28FIN4OS. The topological polar surface area (TPSA) is 79.5 Å². The van der Waals surface area contributed by atoms with Crippen LogP contribution in [0.2, 0.25) is 0 Å². The van der Waals surface area contributed by atoms with Crippen molar-refractivity contribution in [1.82, 2.24) is 10.6 Å². The minimum absolute atomic E-state index is 0. The summed E-state index contributed by atoms with van der Waals surface area (Å²) in [5.74, 6) is -0.467. The molecule has 0 saturated heterocycles. The Morgan fingerprint density at radius 1 is 1.32 bits per heavy atom. The first kappa shape index (κ1) is 24.0. The van der Waals surface area contributed by atoms with E-state index in [0.29, 0.717) is 18.9 Å². The van der Waals surface area contributed by atoms with Gasteiger partial charge in [0.1, 0.15) is 5.82 Å². The molecule has 25 heavy (non-hydrogen) atoms. The van der Waals surface area contributed by atoms with Gasteiger partial charge in [0.15, 0.2) is 5.96 Å². The lowest BCUT2D eigenvalue weighted by Gasteiger charge is -2.24. The molecule has 142 valence electrons. The highest BCUT2D eigenvalue weighted by Crippen LogP contribution is 2.19. The third-order valence-corrected chi connectivity index (χ3v) is 5.02. The van der Waals surface area contributed by atoms with Crippen molar-refractivity contribution in [3.8, 4) is 0 Å². The SMILES string of the molecule is CN=C(NCC(Cc1ccc(F)cc1)C(N)=O)NCC(C)(C)SC.I. The quantitative estimate of drug-likeness (QED) is 0.302. The molecule has 1 unspecified atom stereocenters. The number of halogens is 2. The Bertz CT molecular complexity index is 566. The van der Waals surface area contributed by atoms with Crippen molar-refractivity contribution in [2.75, 3.05) is 26.4 Å². The van der Waals surface area contributed by atoms with E-state index in [4.69, 9.17) is 5.73 Å². The largest absolute Gasteiger partial charge is 0.369 e. The summed E-state index contributed by atoms with van der Waals surface area (Å²) < 4.78 is 13.0. The Morgan fingerprint density at radius 2 is 1.92 bits per heavy atom. The molecular weight excluding hydrogens is 454 g/mol. The average molecular weight is 482 g/mol. The predicted molar refractivity (Wildman–Crippen MR) is 115 cm³/mol. The summed E-state index contributed by atoms with van der Waals surface area (Å²) in [4.78, 5) is 15.8. The van der Waals surface area contributed by atoms with Crippen molar-refractivity contribution >= 4 is 47.6 Å². The Labute approximate surface area is 170 Å². The van der Waals surface area contributed by atoms with Crippen LogP contribution in [0.5, 0.6) is 0 Å². The van der Waals surface area contributed by atoms with E-state index in [2.05, 4.69) is 35.7 Å². The van der Waals surface area contributed by atoms with Gasteiger partial charge in [-0.2, -0.15) is 11.8 Å². The van der Waals surface area contributed by atoms with Crippen LogP contribution in [0.4, 0.5) is 4.39 Å². The van der Waals surface area contributed by atoms with Crippen molar-refractivity contribution in [3.05, 3.63) is 35.6 Å². The van der Waals surface area contributed by atoms with E-state index in [9.17, 15) is 9.18 Å². The van der Waals surface area contributed by atoms with Crippen molar-refractivity contribution in [2.45, 2.75) is 25.0 Å². The Hall–Kier alpha value is -1.03. The van der Waals surface area contributed by atoms with Crippen LogP contribution in [0, 0.1) is 11.7 Å². The zero-order valence-electron chi connectivity index (χ0n) is 15.1. The first-order valence-corrected chi connectivity index (χ1v) is 9.03. The number of carbonyl (C=O) groups excluding carboxylic acids is 1. The zero-order valence-corrected chi connectivity index (χ0v) is 18.3. The first-order chi connectivity index (χ1) is 11.3. The number of carbonyl (C=O) groups is 1. The number of thioether (sulfide) groups is 1. The fraction of sp³-hybridized carbons (Fsp3) is 0.529. The Morgan fingerprint density at radius 3 is 2.40 bits per heavy atom. The Balaban J connectivity index is 0.00000576. The van der Waals surface area contributed by atoms with Crippen molar-refractivity contribution < 1.29 is 9.18 Å². The predicted octanol–water partition coefficient (Wildman–Crippen LogP) is 2.39. The molecule has 1 amide bonds. The van der Waals surface area contributed by atoms with Gasteiger partial charge in [0.2, 0.25) is 5.91 Å². The highest BCUT2D eigenvalue weighted by molar-refractivity contribution is 14.0. The molecule has 5 nitrogen and oxygen atoms in total. The number of rotatable bonds is 8. The molecule has 0 aliphatic heterocycles. The summed E-state index contributed by atoms with van der Waals surface area (Å²) >= 11 is 1.76. The van der Waals surface area contributed by atoms with Crippen LogP contribution >= 0.6 is 35.7 Å². The van der Waals surface area contributed by atoms with Gasteiger partial charge in [-0.3, -0.25) is 9.79 Å². The molecule has 0 bridgehead atoms. The average Bonchev–Trinajstić information content (AvgIpc) is 2.55. The van der Waals surface area contributed by atoms with Crippen LogP contribution in [-0.4, -0.2) is 43.0 Å². The second-order valence-electron chi connectivity index (χ2n) is 6.20. The molecule has 0 radical (unpaired) electrons. The van der Waals surface area contributed by atoms with Crippen LogP contribution in [-0.2, 0) is 11.2 Å². The number of nitrogens with zero attached hydrogens (tertiary/aromatic N) is 1. The molecule has 0 heterocycles. The molecule has 0 fully saturated rings. The summed E-state index contributed by atoms with van der Waals surface area (Å²) in [6, 6.07) is 6.09. The molecule has 1 aromatic carbocycles. The summed E-state index contributed by atoms with van der Waals surface area (Å²) in [5, 5.41) is 6.38. The van der Waals surface area contributed by atoms with Gasteiger partial charge in [0.05, 0.1) is 5.92 Å². The number of amides is 1. The van der Waals surface area contributed by atoms with Gasteiger partial charge in [-0.1, -0.05) is 12.1 Å². The molecule has 0 spiro atoms. The van der Waals surface area contributed by atoms with Crippen molar-refractivity contribution in [1.29, 1.82) is 0 Å². The number of hydrogen-bond donors (Lipinski definition) is 3. The van der Waals surface area contributed by atoms with Crippen LogP contribution in [0.25, 0.3) is 0 Å². The minimum Gasteiger partial charge on any atom is -0.369 e. The fourth-order valence-corrected chi connectivity index (χ4v) is 2.20. The summed E-state index contributed by atoms with van der Waals surface area (Å²) in [6.45, 7) is 5.39.